The van der Waals surface area contributed by atoms with Gasteiger partial charge in [0.05, 0.1) is 6.67 Å². The maximum atomic E-state index is 3.75. The highest BCUT2D eigenvalue weighted by molar-refractivity contribution is 5.33. The van der Waals surface area contributed by atoms with Crippen molar-refractivity contribution >= 4 is 0 Å². The molecule has 0 saturated heterocycles. The lowest BCUT2D eigenvalue weighted by Crippen LogP contribution is -2.35. The summed E-state index contributed by atoms with van der Waals surface area (Å²) in [4.78, 5) is 0. The van der Waals surface area contributed by atoms with Crippen molar-refractivity contribution < 1.29 is 0 Å². The minimum atomic E-state index is 0.844. The van der Waals surface area contributed by atoms with Crippen LogP contribution in [0.25, 0.3) is 0 Å². The molecule has 0 amide bonds. The summed E-state index contributed by atoms with van der Waals surface area (Å²) < 4.78 is 0. The maximum absolute atomic E-state index is 3.75. The first kappa shape index (κ1) is 8.08. The van der Waals surface area contributed by atoms with Crippen LogP contribution in [0.3, 0.4) is 0 Å². The van der Waals surface area contributed by atoms with Crippen LogP contribution in [0.5, 0.6) is 0 Å². The number of rotatable bonds is 2. The largest absolute Gasteiger partial charge is 0.372 e. The molecule has 0 aromatic carbocycles. The van der Waals surface area contributed by atoms with Crippen molar-refractivity contribution in [1.82, 2.24) is 10.6 Å². The van der Waals surface area contributed by atoms with Crippen LogP contribution < -0.4 is 10.6 Å². The van der Waals surface area contributed by atoms with Gasteiger partial charge in [-0.15, -0.1) is 0 Å². The highest BCUT2D eigenvalue weighted by atomic mass is 15.1. The predicted octanol–water partition coefficient (Wildman–Crippen LogP) is 1.15. The van der Waals surface area contributed by atoms with Gasteiger partial charge in [-0.05, 0) is 18.6 Å². The summed E-state index contributed by atoms with van der Waals surface area (Å²) in [6.45, 7) is 7.51. The summed E-state index contributed by atoms with van der Waals surface area (Å²) in [6, 6.07) is 0. The fraction of sp³-hybridized carbons (Fsp3) is 0.333. The van der Waals surface area contributed by atoms with E-state index in [9.17, 15) is 0 Å². The van der Waals surface area contributed by atoms with Crippen LogP contribution in [0, 0.1) is 0 Å². The minimum Gasteiger partial charge on any atom is -0.372 e. The van der Waals surface area contributed by atoms with E-state index in [1.807, 2.05) is 19.1 Å². The average molecular weight is 150 g/mol. The van der Waals surface area contributed by atoms with Gasteiger partial charge in [-0.2, -0.15) is 0 Å². The topological polar surface area (TPSA) is 24.1 Å². The Balaban J connectivity index is 2.81. The highest BCUT2D eigenvalue weighted by Crippen LogP contribution is 2.05. The number of allylic oxidation sites excluding steroid dienone is 2. The van der Waals surface area contributed by atoms with Crippen LogP contribution in [0.4, 0.5) is 0 Å². The lowest BCUT2D eigenvalue weighted by molar-refractivity contribution is 0.635. The van der Waals surface area contributed by atoms with Gasteiger partial charge in [0.15, 0.2) is 0 Å². The molecule has 0 atom stereocenters. The lowest BCUT2D eigenvalue weighted by Gasteiger charge is -2.18. The van der Waals surface area contributed by atoms with Crippen LogP contribution in [0.1, 0.15) is 6.92 Å². The van der Waals surface area contributed by atoms with Gasteiger partial charge in [-0.1, -0.05) is 18.7 Å². The van der Waals surface area contributed by atoms with Gasteiger partial charge in [-0.25, -0.2) is 0 Å². The molecule has 0 aliphatic carbocycles. The summed E-state index contributed by atoms with van der Waals surface area (Å²) in [5.74, 6) is 0. The molecule has 1 heterocycles. The summed E-state index contributed by atoms with van der Waals surface area (Å²) >= 11 is 0. The van der Waals surface area contributed by atoms with Gasteiger partial charge in [0.1, 0.15) is 0 Å². The molecule has 0 bridgehead atoms. The SMILES string of the molecule is C=CC1=C(/C=C\C)NCNC1. The van der Waals surface area contributed by atoms with Crippen LogP contribution >= 0.6 is 0 Å². The first-order valence-corrected chi connectivity index (χ1v) is 3.81. The maximum Gasteiger partial charge on any atom is 0.0655 e. The fourth-order valence-corrected chi connectivity index (χ4v) is 1.08. The molecule has 11 heavy (non-hydrogen) atoms. The zero-order chi connectivity index (χ0) is 8.10. The van der Waals surface area contributed by atoms with Gasteiger partial charge in [0.2, 0.25) is 0 Å². The summed E-state index contributed by atoms with van der Waals surface area (Å²) in [6.07, 6.45) is 5.98. The van der Waals surface area contributed by atoms with Gasteiger partial charge in [0, 0.05) is 12.2 Å². The quantitative estimate of drug-likeness (QED) is 0.617. The smallest absolute Gasteiger partial charge is 0.0655 e. The van der Waals surface area contributed by atoms with Gasteiger partial charge < -0.3 is 5.32 Å². The van der Waals surface area contributed by atoms with E-state index in [1.165, 1.54) is 11.3 Å². The molecule has 0 saturated carbocycles. The Labute approximate surface area is 67.7 Å². The molecule has 2 nitrogen and oxygen atoms in total. The number of nitrogens with one attached hydrogen (secondary N) is 2. The standard InChI is InChI=1S/C9H14N2/c1-3-5-9-8(4-2)6-10-7-11-9/h3-5,10-11H,2,6-7H2,1H3/b5-3-. The predicted molar refractivity (Wildman–Crippen MR) is 48.0 cm³/mol. The molecule has 0 unspecified atom stereocenters. The van der Waals surface area contributed by atoms with E-state index in [0.29, 0.717) is 0 Å². The Kier molecular flexibility index (Phi) is 2.93. The highest BCUT2D eigenvalue weighted by Gasteiger charge is 2.04. The first-order chi connectivity index (χ1) is 5.38. The molecule has 60 valence electrons. The molecule has 2 N–H and O–H groups in total. The van der Waals surface area contributed by atoms with Crippen molar-refractivity contribution in [3.63, 3.8) is 0 Å². The molecule has 1 rings (SSSR count). The van der Waals surface area contributed by atoms with Crippen LogP contribution in [0.15, 0.2) is 36.1 Å². The van der Waals surface area contributed by atoms with Crippen molar-refractivity contribution in [3.05, 3.63) is 36.1 Å². The Bertz CT molecular complexity index is 202. The van der Waals surface area contributed by atoms with Crippen LogP contribution in [0.2, 0.25) is 0 Å². The number of hydrogen-bond donors (Lipinski definition) is 2. The van der Waals surface area contributed by atoms with Crippen LogP contribution in [-0.4, -0.2) is 13.2 Å². The molecule has 0 aromatic rings. The van der Waals surface area contributed by atoms with Gasteiger partial charge in [0.25, 0.3) is 0 Å². The van der Waals surface area contributed by atoms with Crippen molar-refractivity contribution in [2.45, 2.75) is 6.92 Å². The molecule has 0 fully saturated rings. The van der Waals surface area contributed by atoms with E-state index < -0.39 is 0 Å². The average Bonchev–Trinajstić information content (AvgIpc) is 2.06. The van der Waals surface area contributed by atoms with Gasteiger partial charge in [-0.3, -0.25) is 5.32 Å². The van der Waals surface area contributed by atoms with Crippen molar-refractivity contribution in [2.24, 2.45) is 0 Å². The Morgan fingerprint density at radius 3 is 3.00 bits per heavy atom. The number of hydrogen-bond acceptors (Lipinski definition) is 2. The molecule has 1 aliphatic rings. The second kappa shape index (κ2) is 3.98. The summed E-state index contributed by atoms with van der Waals surface area (Å²) in [7, 11) is 0. The molecule has 0 aromatic heterocycles. The van der Waals surface area contributed by atoms with E-state index in [4.69, 9.17) is 0 Å². The van der Waals surface area contributed by atoms with Crippen molar-refractivity contribution in [2.75, 3.05) is 13.2 Å². The van der Waals surface area contributed by atoms with E-state index in [2.05, 4.69) is 23.3 Å². The second-order valence-corrected chi connectivity index (χ2v) is 2.42. The third-order valence-corrected chi connectivity index (χ3v) is 1.64. The Morgan fingerprint density at radius 1 is 1.55 bits per heavy atom. The van der Waals surface area contributed by atoms with Gasteiger partial charge >= 0.3 is 0 Å². The third kappa shape index (κ3) is 1.95. The lowest BCUT2D eigenvalue weighted by atomic mass is 10.1. The molecule has 0 spiro atoms. The Morgan fingerprint density at radius 2 is 2.36 bits per heavy atom. The first-order valence-electron chi connectivity index (χ1n) is 3.81. The normalized spacial score (nSPS) is 18.6. The van der Waals surface area contributed by atoms with E-state index in [-0.39, 0.29) is 0 Å². The minimum absolute atomic E-state index is 0.844. The summed E-state index contributed by atoms with van der Waals surface area (Å²) in [5.41, 5.74) is 2.41. The monoisotopic (exact) mass is 150 g/mol. The second-order valence-electron chi connectivity index (χ2n) is 2.42. The molecule has 1 aliphatic heterocycles. The zero-order valence-corrected chi connectivity index (χ0v) is 6.85. The fourth-order valence-electron chi connectivity index (χ4n) is 1.08. The molecule has 2 heteroatoms. The molecular formula is C9H14N2. The van der Waals surface area contributed by atoms with E-state index >= 15 is 0 Å². The van der Waals surface area contributed by atoms with Crippen molar-refractivity contribution in [3.8, 4) is 0 Å². The van der Waals surface area contributed by atoms with E-state index in [0.717, 1.165) is 13.2 Å². The van der Waals surface area contributed by atoms with Crippen LogP contribution in [-0.2, 0) is 0 Å². The Hall–Kier alpha value is -1.02. The summed E-state index contributed by atoms with van der Waals surface area (Å²) in [5, 5.41) is 6.43. The van der Waals surface area contributed by atoms with Crippen molar-refractivity contribution in [1.29, 1.82) is 0 Å². The van der Waals surface area contributed by atoms with E-state index in [1.54, 1.807) is 0 Å². The molecular weight excluding hydrogens is 136 g/mol. The molecule has 0 radical (unpaired) electrons. The zero-order valence-electron chi connectivity index (χ0n) is 6.85. The third-order valence-electron chi connectivity index (χ3n) is 1.64.